The molecule has 0 aromatic heterocycles. The van der Waals surface area contributed by atoms with E-state index in [1.54, 1.807) is 0 Å². The summed E-state index contributed by atoms with van der Waals surface area (Å²) in [6.45, 7) is 13.6. The number of rotatable bonds is 4. The highest BCUT2D eigenvalue weighted by Gasteiger charge is 2.19. The summed E-state index contributed by atoms with van der Waals surface area (Å²) in [4.78, 5) is 0. The molecule has 84 valence electrons. The van der Waals surface area contributed by atoms with Crippen molar-refractivity contribution in [1.29, 1.82) is 0 Å². The Labute approximate surface area is 91.2 Å². The van der Waals surface area contributed by atoms with E-state index in [2.05, 4.69) is 41.5 Å². The number of hydrogen-bond donors (Lipinski definition) is 0. The molecule has 0 fully saturated rings. The second-order valence-corrected chi connectivity index (χ2v) is 5.48. The van der Waals surface area contributed by atoms with E-state index in [1.165, 1.54) is 5.57 Å². The summed E-state index contributed by atoms with van der Waals surface area (Å²) >= 11 is 0. The lowest BCUT2D eigenvalue weighted by molar-refractivity contribution is 0.0844. The van der Waals surface area contributed by atoms with E-state index in [4.69, 9.17) is 9.16 Å². The first-order valence-electron chi connectivity index (χ1n) is 5.17. The fraction of sp³-hybridized carbons (Fsp3) is 0.818. The minimum Gasteiger partial charge on any atom is -0.529 e. The molecule has 0 unspecified atom stereocenters. The molecule has 0 heterocycles. The van der Waals surface area contributed by atoms with Gasteiger partial charge in [0.15, 0.2) is 0 Å². The minimum atomic E-state index is 0.122. The van der Waals surface area contributed by atoms with Gasteiger partial charge in [0.2, 0.25) is 10.5 Å². The molecule has 0 aromatic carbocycles. The van der Waals surface area contributed by atoms with Crippen molar-refractivity contribution in [3.63, 3.8) is 0 Å². The zero-order valence-corrected chi connectivity index (χ0v) is 12.6. The summed E-state index contributed by atoms with van der Waals surface area (Å²) in [5, 5.41) is 0. The van der Waals surface area contributed by atoms with Crippen molar-refractivity contribution in [3.05, 3.63) is 11.5 Å². The van der Waals surface area contributed by atoms with Gasteiger partial charge < -0.3 is 9.16 Å². The summed E-state index contributed by atoms with van der Waals surface area (Å²) in [5.74, 6) is 1.27. The lowest BCUT2D eigenvalue weighted by Gasteiger charge is -2.23. The van der Waals surface area contributed by atoms with Crippen LogP contribution in [0.1, 0.15) is 41.5 Å². The van der Waals surface area contributed by atoms with E-state index in [9.17, 15) is 0 Å². The van der Waals surface area contributed by atoms with E-state index < -0.39 is 0 Å². The van der Waals surface area contributed by atoms with Gasteiger partial charge in [-0.1, -0.05) is 34.6 Å². The Morgan fingerprint density at radius 1 is 1.29 bits per heavy atom. The van der Waals surface area contributed by atoms with Crippen LogP contribution in [-0.4, -0.2) is 17.1 Å². The van der Waals surface area contributed by atoms with Crippen LogP contribution in [0.3, 0.4) is 0 Å². The highest BCUT2D eigenvalue weighted by Crippen LogP contribution is 2.28. The molecule has 3 heteroatoms. The summed E-state index contributed by atoms with van der Waals surface area (Å²) < 4.78 is 11.0. The van der Waals surface area contributed by atoms with E-state index in [1.807, 2.05) is 0 Å². The maximum atomic E-state index is 5.63. The molecule has 0 saturated heterocycles. The van der Waals surface area contributed by atoms with Crippen LogP contribution in [0.4, 0.5) is 0 Å². The Kier molecular flexibility index (Phi) is 5.27. The third-order valence-electron chi connectivity index (χ3n) is 2.16. The number of allylic oxidation sites excluding steroid dienone is 1. The standard InChI is InChI=1S/C11H24O2Si/c1-8(2)7-12-10(13-14)9(3)11(4,5)6/h8H,7H2,1-6,14H3. The highest BCUT2D eigenvalue weighted by atomic mass is 28.2. The SMILES string of the molecule is CC(=C(O[SiH3])OCC(C)C)C(C)(C)C. The maximum absolute atomic E-state index is 5.63. The summed E-state index contributed by atoms with van der Waals surface area (Å²) in [6, 6.07) is 0. The van der Waals surface area contributed by atoms with Crippen LogP contribution in [0.25, 0.3) is 0 Å². The van der Waals surface area contributed by atoms with Gasteiger partial charge in [0.05, 0.1) is 6.61 Å². The van der Waals surface area contributed by atoms with Gasteiger partial charge in [0, 0.05) is 5.57 Å². The largest absolute Gasteiger partial charge is 0.529 e. The van der Waals surface area contributed by atoms with Crippen molar-refractivity contribution in [3.8, 4) is 0 Å². The van der Waals surface area contributed by atoms with Crippen molar-refractivity contribution in [2.45, 2.75) is 41.5 Å². The summed E-state index contributed by atoms with van der Waals surface area (Å²) in [7, 11) is 0.681. The van der Waals surface area contributed by atoms with Crippen LogP contribution < -0.4 is 0 Å². The predicted octanol–water partition coefficient (Wildman–Crippen LogP) is 2.23. The van der Waals surface area contributed by atoms with Gasteiger partial charge in [-0.2, -0.15) is 0 Å². The lowest BCUT2D eigenvalue weighted by Crippen LogP contribution is -2.14. The third kappa shape index (κ3) is 4.70. The molecule has 0 bridgehead atoms. The molecule has 0 radical (unpaired) electrons. The van der Waals surface area contributed by atoms with Crippen LogP contribution in [0, 0.1) is 11.3 Å². The van der Waals surface area contributed by atoms with Gasteiger partial charge in [-0.15, -0.1) is 0 Å². The molecule has 0 aliphatic carbocycles. The van der Waals surface area contributed by atoms with Gasteiger partial charge in [-0.25, -0.2) is 0 Å². The second-order valence-electron chi connectivity index (χ2n) is 5.07. The van der Waals surface area contributed by atoms with Crippen molar-refractivity contribution < 1.29 is 9.16 Å². The van der Waals surface area contributed by atoms with Crippen LogP contribution in [0.5, 0.6) is 0 Å². The number of hydrogen-bond acceptors (Lipinski definition) is 2. The Morgan fingerprint density at radius 3 is 2.07 bits per heavy atom. The molecular weight excluding hydrogens is 192 g/mol. The monoisotopic (exact) mass is 216 g/mol. The normalized spacial score (nSPS) is 14.2. The molecule has 0 amide bonds. The molecule has 0 spiro atoms. The smallest absolute Gasteiger partial charge is 0.263 e. The molecule has 0 aliphatic heterocycles. The topological polar surface area (TPSA) is 18.5 Å². The quantitative estimate of drug-likeness (QED) is 0.530. The van der Waals surface area contributed by atoms with Crippen molar-refractivity contribution in [2.24, 2.45) is 11.3 Å². The molecule has 0 atom stereocenters. The van der Waals surface area contributed by atoms with Gasteiger partial charge in [0.25, 0.3) is 5.95 Å². The molecule has 0 rings (SSSR count). The summed E-state index contributed by atoms with van der Waals surface area (Å²) in [5.41, 5.74) is 1.31. The highest BCUT2D eigenvalue weighted by molar-refractivity contribution is 5.98. The van der Waals surface area contributed by atoms with Crippen LogP contribution >= 0.6 is 0 Å². The molecule has 2 nitrogen and oxygen atoms in total. The average molecular weight is 216 g/mol. The minimum absolute atomic E-state index is 0.122. The van der Waals surface area contributed by atoms with Crippen molar-refractivity contribution >= 4 is 10.5 Å². The zero-order valence-electron chi connectivity index (χ0n) is 10.6. The van der Waals surface area contributed by atoms with Gasteiger partial charge in [-0.3, -0.25) is 0 Å². The Bertz CT molecular complexity index is 202. The zero-order chi connectivity index (χ0) is 11.4. The van der Waals surface area contributed by atoms with Gasteiger partial charge in [-0.05, 0) is 18.3 Å². The molecule has 14 heavy (non-hydrogen) atoms. The van der Waals surface area contributed by atoms with E-state index in [-0.39, 0.29) is 5.41 Å². The fourth-order valence-electron chi connectivity index (χ4n) is 0.869. The first kappa shape index (κ1) is 13.6. The molecular formula is C11H24O2Si. The molecule has 0 saturated carbocycles. The van der Waals surface area contributed by atoms with Crippen LogP contribution in [0.2, 0.25) is 0 Å². The molecule has 0 aliphatic rings. The summed E-state index contributed by atoms with van der Waals surface area (Å²) in [6.07, 6.45) is 0. The second kappa shape index (κ2) is 5.44. The van der Waals surface area contributed by atoms with Gasteiger partial charge >= 0.3 is 0 Å². The van der Waals surface area contributed by atoms with Crippen LogP contribution in [0.15, 0.2) is 11.5 Å². The Hall–Kier alpha value is -0.443. The van der Waals surface area contributed by atoms with Crippen molar-refractivity contribution in [2.75, 3.05) is 6.61 Å². The third-order valence-corrected chi connectivity index (χ3v) is 2.54. The molecule has 0 N–H and O–H groups in total. The fourth-order valence-corrected chi connectivity index (χ4v) is 1.29. The van der Waals surface area contributed by atoms with E-state index >= 15 is 0 Å². The Morgan fingerprint density at radius 2 is 1.79 bits per heavy atom. The predicted molar refractivity (Wildman–Crippen MR) is 64.0 cm³/mol. The average Bonchev–Trinajstić information content (AvgIpc) is 2.03. The Balaban J connectivity index is 4.52. The maximum Gasteiger partial charge on any atom is 0.263 e. The number of ether oxygens (including phenoxy) is 1. The van der Waals surface area contributed by atoms with Crippen molar-refractivity contribution in [1.82, 2.24) is 0 Å². The lowest BCUT2D eigenvalue weighted by atomic mass is 9.88. The van der Waals surface area contributed by atoms with E-state index in [0.29, 0.717) is 16.4 Å². The first-order valence-corrected chi connectivity index (χ1v) is 5.98. The first-order chi connectivity index (χ1) is 6.29. The molecule has 0 aromatic rings. The van der Waals surface area contributed by atoms with Crippen LogP contribution in [-0.2, 0) is 9.16 Å². The van der Waals surface area contributed by atoms with Gasteiger partial charge in [0.1, 0.15) is 0 Å². The van der Waals surface area contributed by atoms with E-state index in [0.717, 1.165) is 12.6 Å².